The normalized spacial score (nSPS) is 10.1. The Hall–Kier alpha value is -2.45. The average molecular weight is 319 g/mol. The Morgan fingerprint density at radius 1 is 1.41 bits per heavy atom. The third-order valence-corrected chi connectivity index (χ3v) is 3.33. The molecule has 112 valence electrons. The van der Waals surface area contributed by atoms with Crippen molar-refractivity contribution in [1.82, 2.24) is 4.98 Å². The number of halogens is 2. The van der Waals surface area contributed by atoms with Crippen LogP contribution in [0.3, 0.4) is 0 Å². The summed E-state index contributed by atoms with van der Waals surface area (Å²) >= 11 is 6.01. The first-order chi connectivity index (χ1) is 10.5. The zero-order valence-electron chi connectivity index (χ0n) is 12.0. The molecular formula is C16H12ClFN2O2. The molecule has 1 aromatic heterocycles. The molecule has 2 rings (SSSR count). The molecule has 0 saturated carbocycles. The van der Waals surface area contributed by atoms with Gasteiger partial charge in [-0.05, 0) is 31.5 Å². The number of aryl methyl sites for hydroxylation is 1. The third kappa shape index (κ3) is 2.92. The highest BCUT2D eigenvalue weighted by Gasteiger charge is 2.24. The lowest BCUT2D eigenvalue weighted by molar-refractivity contribution is 0.0526. The van der Waals surface area contributed by atoms with Crippen molar-refractivity contribution < 1.29 is 13.9 Å². The van der Waals surface area contributed by atoms with Gasteiger partial charge >= 0.3 is 5.97 Å². The summed E-state index contributed by atoms with van der Waals surface area (Å²) in [5, 5.41) is 9.33. The lowest BCUT2D eigenvalue weighted by atomic mass is 9.95. The topological polar surface area (TPSA) is 63.0 Å². The van der Waals surface area contributed by atoms with Crippen LogP contribution >= 0.6 is 11.6 Å². The summed E-state index contributed by atoms with van der Waals surface area (Å²) in [7, 11) is 0. The van der Waals surface area contributed by atoms with E-state index in [0.717, 1.165) is 0 Å². The lowest BCUT2D eigenvalue weighted by Crippen LogP contribution is -2.12. The molecule has 1 heterocycles. The van der Waals surface area contributed by atoms with Crippen LogP contribution in [0.5, 0.6) is 0 Å². The predicted octanol–water partition coefficient (Wildman–Crippen LogP) is 3.90. The highest BCUT2D eigenvalue weighted by atomic mass is 35.5. The summed E-state index contributed by atoms with van der Waals surface area (Å²) in [5.41, 5.74) is 1.37. The second-order valence-corrected chi connectivity index (χ2v) is 4.81. The highest BCUT2D eigenvalue weighted by molar-refractivity contribution is 6.31. The number of hydrogen-bond donors (Lipinski definition) is 0. The van der Waals surface area contributed by atoms with Gasteiger partial charge < -0.3 is 4.74 Å². The molecule has 0 aliphatic rings. The van der Waals surface area contributed by atoms with E-state index in [1.165, 1.54) is 24.3 Å². The predicted molar refractivity (Wildman–Crippen MR) is 80.0 cm³/mol. The summed E-state index contributed by atoms with van der Waals surface area (Å²) < 4.78 is 18.2. The number of rotatable bonds is 3. The quantitative estimate of drug-likeness (QED) is 0.636. The molecule has 0 amide bonds. The molecule has 4 nitrogen and oxygen atoms in total. The van der Waals surface area contributed by atoms with Crippen LogP contribution in [0, 0.1) is 24.1 Å². The minimum atomic E-state index is -0.597. The van der Waals surface area contributed by atoms with Crippen LogP contribution in [-0.2, 0) is 4.74 Å². The van der Waals surface area contributed by atoms with Crippen molar-refractivity contribution in [1.29, 1.82) is 5.26 Å². The van der Waals surface area contributed by atoms with E-state index in [1.54, 1.807) is 13.8 Å². The molecule has 0 radical (unpaired) electrons. The van der Waals surface area contributed by atoms with Crippen LogP contribution in [0.1, 0.15) is 28.5 Å². The van der Waals surface area contributed by atoms with Gasteiger partial charge in [-0.3, -0.25) is 0 Å². The maximum Gasteiger partial charge on any atom is 0.340 e. The van der Waals surface area contributed by atoms with E-state index in [0.29, 0.717) is 16.8 Å². The van der Waals surface area contributed by atoms with Crippen LogP contribution < -0.4 is 0 Å². The summed E-state index contributed by atoms with van der Waals surface area (Å²) in [4.78, 5) is 16.2. The molecule has 0 unspecified atom stereocenters. The fourth-order valence-electron chi connectivity index (χ4n) is 2.13. The molecule has 2 aromatic rings. The van der Waals surface area contributed by atoms with Crippen molar-refractivity contribution >= 4 is 17.6 Å². The zero-order chi connectivity index (χ0) is 16.3. The first-order valence-electron chi connectivity index (χ1n) is 6.52. The fraction of sp³-hybridized carbons (Fsp3) is 0.188. The summed E-state index contributed by atoms with van der Waals surface area (Å²) in [6.45, 7) is 3.47. The first kappa shape index (κ1) is 15.9. The number of aromatic nitrogens is 1. The summed E-state index contributed by atoms with van der Waals surface area (Å²) in [6, 6.07) is 7.39. The van der Waals surface area contributed by atoms with Gasteiger partial charge in [0.15, 0.2) is 0 Å². The van der Waals surface area contributed by atoms with E-state index < -0.39 is 11.8 Å². The molecule has 0 aliphatic carbocycles. The van der Waals surface area contributed by atoms with E-state index in [-0.39, 0.29) is 22.9 Å². The van der Waals surface area contributed by atoms with Gasteiger partial charge in [0.05, 0.1) is 23.4 Å². The number of carbonyl (C=O) groups is 1. The standard InChI is InChI=1S/C16H12ClFN2O2/c1-3-22-16(21)13-9(2)20-15(17)12(8-19)14(13)10-4-6-11(18)7-5-10/h4-7H,3H2,1-2H3. The van der Waals surface area contributed by atoms with Crippen LogP contribution in [0.25, 0.3) is 11.1 Å². The number of ether oxygens (including phenoxy) is 1. The Morgan fingerprint density at radius 2 is 2.05 bits per heavy atom. The maximum atomic E-state index is 13.1. The second-order valence-electron chi connectivity index (χ2n) is 4.45. The number of hydrogen-bond acceptors (Lipinski definition) is 4. The van der Waals surface area contributed by atoms with E-state index in [4.69, 9.17) is 16.3 Å². The number of esters is 1. The van der Waals surface area contributed by atoms with Gasteiger partial charge in [-0.25, -0.2) is 14.2 Å². The van der Waals surface area contributed by atoms with Crippen molar-refractivity contribution in [3.8, 4) is 17.2 Å². The number of carbonyl (C=O) groups excluding carboxylic acids is 1. The van der Waals surface area contributed by atoms with Gasteiger partial charge in [-0.2, -0.15) is 5.26 Å². The zero-order valence-corrected chi connectivity index (χ0v) is 12.7. The van der Waals surface area contributed by atoms with E-state index in [1.807, 2.05) is 6.07 Å². The molecule has 0 saturated heterocycles. The minimum absolute atomic E-state index is 0.00706. The summed E-state index contributed by atoms with van der Waals surface area (Å²) in [5.74, 6) is -1.02. The van der Waals surface area contributed by atoms with Crippen molar-refractivity contribution in [2.75, 3.05) is 6.61 Å². The van der Waals surface area contributed by atoms with E-state index >= 15 is 0 Å². The van der Waals surface area contributed by atoms with Gasteiger partial charge in [0.1, 0.15) is 17.0 Å². The van der Waals surface area contributed by atoms with Crippen LogP contribution in [0.2, 0.25) is 5.15 Å². The largest absolute Gasteiger partial charge is 0.462 e. The summed E-state index contributed by atoms with van der Waals surface area (Å²) in [6.07, 6.45) is 0. The Bertz CT molecular complexity index is 767. The monoisotopic (exact) mass is 318 g/mol. The minimum Gasteiger partial charge on any atom is -0.462 e. The number of benzene rings is 1. The molecule has 0 aliphatic heterocycles. The molecule has 1 aromatic carbocycles. The second kappa shape index (κ2) is 6.54. The SMILES string of the molecule is CCOC(=O)c1c(C)nc(Cl)c(C#N)c1-c1ccc(F)cc1. The number of nitriles is 1. The van der Waals surface area contributed by atoms with Crippen LogP contribution in [0.4, 0.5) is 4.39 Å². The Balaban J connectivity index is 2.80. The Morgan fingerprint density at radius 3 is 2.59 bits per heavy atom. The van der Waals surface area contributed by atoms with Gasteiger partial charge in [0.2, 0.25) is 0 Å². The molecule has 0 fully saturated rings. The van der Waals surface area contributed by atoms with Gasteiger partial charge in [-0.15, -0.1) is 0 Å². The lowest BCUT2D eigenvalue weighted by Gasteiger charge is -2.14. The molecule has 0 spiro atoms. The fourth-order valence-corrected chi connectivity index (χ4v) is 2.39. The first-order valence-corrected chi connectivity index (χ1v) is 6.90. The highest BCUT2D eigenvalue weighted by Crippen LogP contribution is 2.33. The third-order valence-electron chi connectivity index (χ3n) is 3.06. The Kier molecular flexibility index (Phi) is 4.74. The van der Waals surface area contributed by atoms with Crippen LogP contribution in [0.15, 0.2) is 24.3 Å². The molecule has 0 bridgehead atoms. The van der Waals surface area contributed by atoms with Crippen molar-refractivity contribution in [3.05, 3.63) is 52.1 Å². The molecule has 0 atom stereocenters. The van der Waals surface area contributed by atoms with Crippen molar-refractivity contribution in [3.63, 3.8) is 0 Å². The van der Waals surface area contributed by atoms with Gasteiger partial charge in [0, 0.05) is 5.56 Å². The van der Waals surface area contributed by atoms with E-state index in [9.17, 15) is 14.4 Å². The van der Waals surface area contributed by atoms with E-state index in [2.05, 4.69) is 4.98 Å². The average Bonchev–Trinajstić information content (AvgIpc) is 2.47. The number of nitrogens with zero attached hydrogens (tertiary/aromatic N) is 2. The molecular weight excluding hydrogens is 307 g/mol. The van der Waals surface area contributed by atoms with Crippen molar-refractivity contribution in [2.24, 2.45) is 0 Å². The van der Waals surface area contributed by atoms with Gasteiger partial charge in [0.25, 0.3) is 0 Å². The molecule has 0 N–H and O–H groups in total. The molecule has 6 heteroatoms. The Labute approximate surface area is 132 Å². The maximum absolute atomic E-state index is 13.1. The van der Waals surface area contributed by atoms with Crippen molar-refractivity contribution in [2.45, 2.75) is 13.8 Å². The number of pyridine rings is 1. The van der Waals surface area contributed by atoms with Gasteiger partial charge in [-0.1, -0.05) is 23.7 Å². The molecule has 22 heavy (non-hydrogen) atoms. The van der Waals surface area contributed by atoms with Crippen LogP contribution in [-0.4, -0.2) is 17.6 Å². The smallest absolute Gasteiger partial charge is 0.340 e.